The normalized spacial score (nSPS) is 33.4. The molecule has 1 heterocycles. The molecule has 0 fully saturated rings. The highest BCUT2D eigenvalue weighted by atomic mass is 16.6. The number of carbonyl (C=O) groups is 4. The van der Waals surface area contributed by atoms with Crippen LogP contribution in [0.25, 0.3) is 0 Å². The van der Waals surface area contributed by atoms with Gasteiger partial charge in [0.1, 0.15) is 11.9 Å². The van der Waals surface area contributed by atoms with Gasteiger partial charge in [-0.25, -0.2) is 4.79 Å². The van der Waals surface area contributed by atoms with E-state index in [1.54, 1.807) is 19.9 Å². The first-order valence-corrected chi connectivity index (χ1v) is 12.8. The van der Waals surface area contributed by atoms with Gasteiger partial charge in [-0.3, -0.25) is 14.4 Å². The average Bonchev–Trinajstić information content (AvgIpc) is 2.85. The van der Waals surface area contributed by atoms with E-state index < -0.39 is 47.6 Å². The van der Waals surface area contributed by atoms with Gasteiger partial charge in [0.15, 0.2) is 0 Å². The van der Waals surface area contributed by atoms with Gasteiger partial charge >= 0.3 is 6.09 Å². The molecule has 0 aromatic carbocycles. The zero-order valence-electron chi connectivity index (χ0n) is 22.9. The van der Waals surface area contributed by atoms with E-state index in [4.69, 9.17) is 15.2 Å². The second-order valence-electron chi connectivity index (χ2n) is 10.4. The Morgan fingerprint density at radius 2 is 1.82 bits per heavy atom. The van der Waals surface area contributed by atoms with E-state index in [1.165, 1.54) is 7.11 Å². The lowest BCUT2D eigenvalue weighted by atomic mass is 9.85. The standard InChI is InChI=1S/C28H40N2O8/c1-14-10-19-24(33)20(13-21(31)25(19)34)30-27(35)16(3)9-7-8-15(2)26(38-28(29)36)18(5)12-17(4)23(32)22(11-14)37-6/h9,12-15,17,22-23,26,32-33H,7-8,10-11H2,1-6H3,(H2,29,36)(H,30,35)/b16-9+,18-12+/t14-,15+,17+,22+,23-,26-/m1/s1. The van der Waals surface area contributed by atoms with Gasteiger partial charge in [0.05, 0.1) is 17.9 Å². The quantitative estimate of drug-likeness (QED) is 0.239. The molecule has 2 rings (SSSR count). The number of ketones is 2. The van der Waals surface area contributed by atoms with Crippen molar-refractivity contribution in [3.05, 3.63) is 46.4 Å². The number of nitrogens with one attached hydrogen (secondary N) is 1. The van der Waals surface area contributed by atoms with Crippen molar-refractivity contribution in [3.8, 4) is 0 Å². The molecule has 2 aliphatic rings. The van der Waals surface area contributed by atoms with Crippen LogP contribution >= 0.6 is 0 Å². The van der Waals surface area contributed by atoms with Gasteiger partial charge in [-0.15, -0.1) is 0 Å². The van der Waals surface area contributed by atoms with Crippen LogP contribution in [0.1, 0.15) is 60.3 Å². The van der Waals surface area contributed by atoms with Crippen molar-refractivity contribution in [1.29, 1.82) is 0 Å². The predicted molar refractivity (Wildman–Crippen MR) is 141 cm³/mol. The van der Waals surface area contributed by atoms with E-state index in [-0.39, 0.29) is 35.4 Å². The molecule has 0 spiro atoms. The molecule has 2 amide bonds. The van der Waals surface area contributed by atoms with Gasteiger partial charge < -0.3 is 30.7 Å². The Morgan fingerprint density at radius 3 is 2.42 bits per heavy atom. The molecule has 0 unspecified atom stereocenters. The molecular formula is C28H40N2O8. The molecule has 0 aromatic heterocycles. The summed E-state index contributed by atoms with van der Waals surface area (Å²) in [7, 11) is 1.47. The minimum absolute atomic E-state index is 0.0420. The third-order valence-electron chi connectivity index (χ3n) is 7.14. The number of Topliss-reactive ketones (excluding diaryl/α,β-unsaturated/α-hetero) is 1. The van der Waals surface area contributed by atoms with Crippen LogP contribution in [0.3, 0.4) is 0 Å². The molecule has 0 aromatic rings. The SMILES string of the molecule is CO[C@H]1C[C@H](C)CC2=C(O)C(=CC(=O)C2=O)NC(=O)/C(C)=C/CC[C@H](C)[C@@H](OC(N)=O)/C(C)=C/[C@H](C)[C@H]1O. The smallest absolute Gasteiger partial charge is 0.405 e. The molecule has 0 saturated carbocycles. The highest BCUT2D eigenvalue weighted by Gasteiger charge is 2.33. The van der Waals surface area contributed by atoms with Crippen LogP contribution in [0.5, 0.6) is 0 Å². The van der Waals surface area contributed by atoms with Crippen LogP contribution in [-0.2, 0) is 23.9 Å². The van der Waals surface area contributed by atoms with Crippen molar-refractivity contribution in [2.45, 2.75) is 78.6 Å². The van der Waals surface area contributed by atoms with E-state index >= 15 is 0 Å². The molecule has 0 saturated heterocycles. The lowest BCUT2D eigenvalue weighted by molar-refractivity contribution is -0.132. The first-order valence-electron chi connectivity index (χ1n) is 12.8. The third kappa shape index (κ3) is 7.88. The number of methoxy groups -OCH3 is 1. The van der Waals surface area contributed by atoms with Crippen LogP contribution < -0.4 is 11.1 Å². The summed E-state index contributed by atoms with van der Waals surface area (Å²) in [5, 5.41) is 24.4. The Hall–Kier alpha value is -3.24. The van der Waals surface area contributed by atoms with E-state index in [0.29, 0.717) is 24.8 Å². The number of hydrogen-bond donors (Lipinski definition) is 4. The van der Waals surface area contributed by atoms with Gasteiger partial charge in [0.2, 0.25) is 11.6 Å². The number of aliphatic hydroxyl groups excluding tert-OH is 2. The lowest BCUT2D eigenvalue weighted by Crippen LogP contribution is -2.36. The summed E-state index contributed by atoms with van der Waals surface area (Å²) in [4.78, 5) is 49.3. The molecule has 5 N–H and O–H groups in total. The van der Waals surface area contributed by atoms with Crippen LogP contribution in [-0.4, -0.2) is 59.2 Å². The molecular weight excluding hydrogens is 492 g/mol. The van der Waals surface area contributed by atoms with Crippen LogP contribution in [0.15, 0.2) is 46.4 Å². The fourth-order valence-corrected chi connectivity index (χ4v) is 4.93. The first kappa shape index (κ1) is 31.0. The second-order valence-corrected chi connectivity index (χ2v) is 10.4. The van der Waals surface area contributed by atoms with Crippen molar-refractivity contribution in [1.82, 2.24) is 5.32 Å². The Bertz CT molecular complexity index is 1070. The number of nitrogens with two attached hydrogens (primary N) is 1. The number of amides is 2. The molecule has 1 aliphatic heterocycles. The Kier molecular flexibility index (Phi) is 11.0. The number of ether oxygens (including phenoxy) is 2. The van der Waals surface area contributed by atoms with E-state index in [9.17, 15) is 29.4 Å². The van der Waals surface area contributed by atoms with Gasteiger partial charge in [-0.1, -0.05) is 32.9 Å². The monoisotopic (exact) mass is 532 g/mol. The van der Waals surface area contributed by atoms with Crippen LogP contribution in [0.4, 0.5) is 4.79 Å². The van der Waals surface area contributed by atoms with Crippen molar-refractivity contribution in [2.75, 3.05) is 7.11 Å². The number of primary amides is 1. The maximum Gasteiger partial charge on any atom is 0.405 e. The van der Waals surface area contributed by atoms with Crippen molar-refractivity contribution in [2.24, 2.45) is 23.5 Å². The number of hydrogen-bond acceptors (Lipinski definition) is 8. The molecule has 0 radical (unpaired) electrons. The van der Waals surface area contributed by atoms with E-state index in [2.05, 4.69) is 5.32 Å². The largest absolute Gasteiger partial charge is 0.505 e. The number of allylic oxidation sites excluding steroid dienone is 3. The van der Waals surface area contributed by atoms with Gasteiger partial charge in [-0.05, 0) is 56.9 Å². The summed E-state index contributed by atoms with van der Waals surface area (Å²) in [6.07, 6.45) is 2.73. The maximum atomic E-state index is 12.8. The number of carbonyl (C=O) groups excluding carboxylic acids is 4. The molecule has 1 aliphatic carbocycles. The summed E-state index contributed by atoms with van der Waals surface area (Å²) in [5.74, 6) is -3.45. The minimum atomic E-state index is -0.935. The zero-order chi connectivity index (χ0) is 28.7. The number of aliphatic hydroxyl groups is 2. The van der Waals surface area contributed by atoms with Crippen molar-refractivity contribution < 1.29 is 38.9 Å². The second kappa shape index (κ2) is 13.5. The lowest BCUT2D eigenvalue weighted by Gasteiger charge is -2.29. The highest BCUT2D eigenvalue weighted by molar-refractivity contribution is 6.48. The van der Waals surface area contributed by atoms with E-state index in [1.807, 2.05) is 26.8 Å². The van der Waals surface area contributed by atoms with Crippen molar-refractivity contribution in [3.63, 3.8) is 0 Å². The Morgan fingerprint density at radius 1 is 1.16 bits per heavy atom. The van der Waals surface area contributed by atoms with Gasteiger partial charge in [-0.2, -0.15) is 0 Å². The maximum absolute atomic E-state index is 12.8. The summed E-state index contributed by atoms with van der Waals surface area (Å²) >= 11 is 0. The summed E-state index contributed by atoms with van der Waals surface area (Å²) in [5.41, 5.74) is 6.18. The van der Waals surface area contributed by atoms with Crippen LogP contribution in [0, 0.1) is 17.8 Å². The molecule has 6 atom stereocenters. The van der Waals surface area contributed by atoms with Crippen LogP contribution in [0.2, 0.25) is 0 Å². The molecule has 10 nitrogen and oxygen atoms in total. The topological polar surface area (TPSA) is 165 Å². The van der Waals surface area contributed by atoms with E-state index in [0.717, 1.165) is 11.6 Å². The fraction of sp³-hybridized carbons (Fsp3) is 0.571. The Labute approximate surface area is 223 Å². The van der Waals surface area contributed by atoms with Gasteiger partial charge in [0.25, 0.3) is 5.91 Å². The van der Waals surface area contributed by atoms with Gasteiger partial charge in [0, 0.05) is 30.2 Å². The first-order chi connectivity index (χ1) is 17.8. The van der Waals surface area contributed by atoms with Crippen molar-refractivity contribution >= 4 is 23.6 Å². The minimum Gasteiger partial charge on any atom is -0.505 e. The number of fused-ring (bicyclic) bond motifs is 1. The average molecular weight is 533 g/mol. The number of rotatable bonds is 2. The third-order valence-corrected chi connectivity index (χ3v) is 7.14. The predicted octanol–water partition coefficient (Wildman–Crippen LogP) is 3.17. The Balaban J connectivity index is 2.50. The zero-order valence-corrected chi connectivity index (χ0v) is 22.9. The summed E-state index contributed by atoms with van der Waals surface area (Å²) in [6, 6.07) is 0. The molecule has 38 heavy (non-hydrogen) atoms. The summed E-state index contributed by atoms with van der Waals surface area (Å²) in [6.45, 7) is 8.93. The molecule has 2 bridgehead atoms. The molecule has 10 heteroatoms. The fourth-order valence-electron chi connectivity index (χ4n) is 4.93. The summed E-state index contributed by atoms with van der Waals surface area (Å²) < 4.78 is 11.0. The highest BCUT2D eigenvalue weighted by Crippen LogP contribution is 2.29. The molecule has 210 valence electrons.